The number of imidazole rings is 1. The smallest absolute Gasteiger partial charge is 0.207 e. The number of hydrogen-bond acceptors (Lipinski definition) is 4. The van der Waals surface area contributed by atoms with Crippen molar-refractivity contribution >= 4 is 21.9 Å². The average Bonchev–Trinajstić information content (AvgIpc) is 2.81. The van der Waals surface area contributed by atoms with E-state index in [2.05, 4.69) is 26.2 Å². The summed E-state index contributed by atoms with van der Waals surface area (Å²) in [5.74, 6) is 1.59. The molecule has 0 atom stereocenters. The Hall–Kier alpha value is -1.53. The third kappa shape index (κ3) is 3.32. The van der Waals surface area contributed by atoms with Crippen LogP contribution >= 0.6 is 15.9 Å². The van der Waals surface area contributed by atoms with Crippen LogP contribution in [-0.4, -0.2) is 36.9 Å². The summed E-state index contributed by atoms with van der Waals surface area (Å²) in [7, 11) is 3.34. The minimum absolute atomic E-state index is 0.630. The van der Waals surface area contributed by atoms with Gasteiger partial charge in [-0.15, -0.1) is 0 Å². The Morgan fingerprint density at radius 1 is 1.35 bits per heavy atom. The van der Waals surface area contributed by atoms with Gasteiger partial charge in [-0.1, -0.05) is 0 Å². The predicted octanol–water partition coefficient (Wildman–Crippen LogP) is 3.01. The maximum atomic E-state index is 5.28. The van der Waals surface area contributed by atoms with Crippen molar-refractivity contribution in [3.8, 4) is 11.4 Å². The number of aryl methyl sites for hydroxylation is 1. The zero-order valence-electron chi connectivity index (χ0n) is 11.8. The number of rotatable bonds is 6. The molecule has 5 nitrogen and oxygen atoms in total. The third-order valence-corrected chi connectivity index (χ3v) is 3.50. The highest BCUT2D eigenvalue weighted by Crippen LogP contribution is 2.28. The van der Waals surface area contributed by atoms with E-state index in [1.54, 1.807) is 14.2 Å². The first-order valence-corrected chi connectivity index (χ1v) is 7.07. The molecule has 0 saturated heterocycles. The summed E-state index contributed by atoms with van der Waals surface area (Å²) in [5.41, 5.74) is 1.92. The largest absolute Gasteiger partial charge is 0.497 e. The van der Waals surface area contributed by atoms with Crippen LogP contribution in [0.2, 0.25) is 0 Å². The minimum atomic E-state index is 0.630. The van der Waals surface area contributed by atoms with Crippen molar-refractivity contribution in [3.63, 3.8) is 0 Å². The van der Waals surface area contributed by atoms with Gasteiger partial charge in [0.25, 0.3) is 0 Å². The number of nitrogens with zero attached hydrogens (tertiary/aromatic N) is 2. The number of ether oxygens (including phenoxy) is 2. The fourth-order valence-corrected chi connectivity index (χ4v) is 2.31. The molecule has 0 saturated carbocycles. The highest BCUT2D eigenvalue weighted by molar-refractivity contribution is 9.10. The van der Waals surface area contributed by atoms with E-state index in [9.17, 15) is 0 Å². The quantitative estimate of drug-likeness (QED) is 0.822. The van der Waals surface area contributed by atoms with Gasteiger partial charge in [0.05, 0.1) is 25.1 Å². The molecule has 0 aliphatic rings. The molecule has 0 unspecified atom stereocenters. The van der Waals surface area contributed by atoms with Crippen LogP contribution in [0.25, 0.3) is 5.69 Å². The molecule has 0 aliphatic heterocycles. The zero-order valence-corrected chi connectivity index (χ0v) is 13.4. The highest BCUT2D eigenvalue weighted by Gasteiger charge is 2.11. The van der Waals surface area contributed by atoms with E-state index in [1.807, 2.05) is 35.9 Å². The van der Waals surface area contributed by atoms with Crippen molar-refractivity contribution in [3.05, 3.63) is 34.6 Å². The summed E-state index contributed by atoms with van der Waals surface area (Å²) < 4.78 is 13.3. The second-order valence-corrected chi connectivity index (χ2v) is 5.17. The first-order valence-electron chi connectivity index (χ1n) is 6.28. The molecule has 6 heteroatoms. The van der Waals surface area contributed by atoms with Crippen molar-refractivity contribution in [2.24, 2.45) is 0 Å². The van der Waals surface area contributed by atoms with Crippen molar-refractivity contribution in [1.29, 1.82) is 0 Å². The second-order valence-electron chi connectivity index (χ2n) is 4.31. The molecule has 0 spiro atoms. The van der Waals surface area contributed by atoms with Crippen LogP contribution in [0.5, 0.6) is 5.75 Å². The second kappa shape index (κ2) is 6.76. The Morgan fingerprint density at radius 2 is 2.15 bits per heavy atom. The van der Waals surface area contributed by atoms with Crippen LogP contribution in [0.3, 0.4) is 0 Å². The fraction of sp³-hybridized carbons (Fsp3) is 0.357. The van der Waals surface area contributed by atoms with Gasteiger partial charge in [-0.2, -0.15) is 0 Å². The molecular formula is C14H18BrN3O2. The maximum absolute atomic E-state index is 5.28. The molecule has 1 aromatic carbocycles. The number of benzene rings is 1. The highest BCUT2D eigenvalue weighted by atomic mass is 79.9. The van der Waals surface area contributed by atoms with Crippen molar-refractivity contribution in [1.82, 2.24) is 9.55 Å². The third-order valence-electron chi connectivity index (χ3n) is 2.83. The molecule has 0 bridgehead atoms. The number of methoxy groups -OCH3 is 2. The van der Waals surface area contributed by atoms with E-state index >= 15 is 0 Å². The molecule has 20 heavy (non-hydrogen) atoms. The minimum Gasteiger partial charge on any atom is -0.497 e. The molecule has 0 radical (unpaired) electrons. The number of aromatic nitrogens is 2. The molecule has 2 rings (SSSR count). The topological polar surface area (TPSA) is 48.3 Å². The Morgan fingerprint density at radius 3 is 2.85 bits per heavy atom. The fourth-order valence-electron chi connectivity index (χ4n) is 1.88. The monoisotopic (exact) mass is 339 g/mol. The number of nitrogens with one attached hydrogen (secondary N) is 1. The Kier molecular flexibility index (Phi) is 5.03. The van der Waals surface area contributed by atoms with Gasteiger partial charge in [0.1, 0.15) is 5.75 Å². The van der Waals surface area contributed by atoms with Gasteiger partial charge >= 0.3 is 0 Å². The van der Waals surface area contributed by atoms with Crippen LogP contribution in [0.4, 0.5) is 5.95 Å². The molecule has 0 fully saturated rings. The number of anilines is 1. The maximum Gasteiger partial charge on any atom is 0.207 e. The molecule has 1 aromatic heterocycles. The van der Waals surface area contributed by atoms with Gasteiger partial charge in [-0.3, -0.25) is 4.57 Å². The van der Waals surface area contributed by atoms with E-state index < -0.39 is 0 Å². The van der Waals surface area contributed by atoms with Gasteiger partial charge in [0, 0.05) is 30.4 Å². The van der Waals surface area contributed by atoms with Crippen molar-refractivity contribution < 1.29 is 9.47 Å². The van der Waals surface area contributed by atoms with Gasteiger partial charge in [0.2, 0.25) is 5.95 Å². The average molecular weight is 340 g/mol. The van der Waals surface area contributed by atoms with E-state index in [4.69, 9.17) is 9.47 Å². The van der Waals surface area contributed by atoms with Crippen LogP contribution < -0.4 is 10.1 Å². The summed E-state index contributed by atoms with van der Waals surface area (Å²) in [4.78, 5) is 4.49. The lowest BCUT2D eigenvalue weighted by Gasteiger charge is -2.12. The Labute approximate surface area is 127 Å². The van der Waals surface area contributed by atoms with Gasteiger partial charge < -0.3 is 14.8 Å². The van der Waals surface area contributed by atoms with E-state index in [0.29, 0.717) is 13.2 Å². The standard InChI is InChI=1S/C14H18BrN3O2/c1-10-9-18(14(17-10)16-6-7-19-2)13-8-11(20-3)4-5-12(13)15/h4-5,8-9H,6-7H2,1-3H3,(H,16,17). The predicted molar refractivity (Wildman–Crippen MR) is 82.9 cm³/mol. The summed E-state index contributed by atoms with van der Waals surface area (Å²) in [6.07, 6.45) is 1.98. The zero-order chi connectivity index (χ0) is 14.5. The van der Waals surface area contributed by atoms with E-state index in [1.165, 1.54) is 0 Å². The van der Waals surface area contributed by atoms with Crippen LogP contribution in [0.15, 0.2) is 28.9 Å². The molecule has 1 N–H and O–H groups in total. The van der Waals surface area contributed by atoms with Gasteiger partial charge in [-0.05, 0) is 35.0 Å². The first kappa shape index (κ1) is 14.9. The number of halogens is 1. The van der Waals surface area contributed by atoms with Crippen LogP contribution in [0, 0.1) is 6.92 Å². The van der Waals surface area contributed by atoms with Gasteiger partial charge in [-0.25, -0.2) is 4.98 Å². The molecule has 0 aliphatic carbocycles. The lowest BCUT2D eigenvalue weighted by molar-refractivity contribution is 0.210. The molecule has 2 aromatic rings. The SMILES string of the molecule is COCCNc1nc(C)cn1-c1cc(OC)ccc1Br. The van der Waals surface area contributed by atoms with Crippen molar-refractivity contribution in [2.75, 3.05) is 32.7 Å². The molecule has 108 valence electrons. The van der Waals surface area contributed by atoms with Crippen LogP contribution in [-0.2, 0) is 4.74 Å². The molecule has 0 amide bonds. The number of hydrogen-bond donors (Lipinski definition) is 1. The van der Waals surface area contributed by atoms with Crippen LogP contribution in [0.1, 0.15) is 5.69 Å². The summed E-state index contributed by atoms with van der Waals surface area (Å²) in [6.45, 7) is 3.30. The molecular weight excluding hydrogens is 322 g/mol. The Bertz CT molecular complexity index is 584. The van der Waals surface area contributed by atoms with Crippen molar-refractivity contribution in [2.45, 2.75) is 6.92 Å². The van der Waals surface area contributed by atoms with Gasteiger partial charge in [0.15, 0.2) is 0 Å². The summed E-state index contributed by atoms with van der Waals surface area (Å²) in [6, 6.07) is 5.84. The summed E-state index contributed by atoms with van der Waals surface area (Å²) in [5, 5.41) is 3.26. The molecule has 1 heterocycles. The summed E-state index contributed by atoms with van der Waals surface area (Å²) >= 11 is 3.56. The van der Waals surface area contributed by atoms with E-state index in [-0.39, 0.29) is 0 Å². The first-order chi connectivity index (χ1) is 9.65. The lowest BCUT2D eigenvalue weighted by Crippen LogP contribution is -2.11. The lowest BCUT2D eigenvalue weighted by atomic mass is 10.3. The van der Waals surface area contributed by atoms with E-state index in [0.717, 1.165) is 27.6 Å². The Balaban J connectivity index is 2.36. The normalized spacial score (nSPS) is 10.6.